The van der Waals surface area contributed by atoms with Crippen LogP contribution in [0.3, 0.4) is 0 Å². The van der Waals surface area contributed by atoms with E-state index >= 15 is 0 Å². The summed E-state index contributed by atoms with van der Waals surface area (Å²) in [6, 6.07) is 9.21. The Morgan fingerprint density at radius 2 is 1.78 bits per heavy atom. The van der Waals surface area contributed by atoms with Crippen LogP contribution in [0.4, 0.5) is 11.4 Å². The van der Waals surface area contributed by atoms with Crippen molar-refractivity contribution in [3.8, 4) is 10.4 Å². The Morgan fingerprint density at radius 3 is 2.35 bits per heavy atom. The quantitative estimate of drug-likeness (QED) is 0.409. The molecule has 3 aromatic rings. The summed E-state index contributed by atoms with van der Waals surface area (Å²) in [5.41, 5.74) is 2.30. The molecule has 194 valence electrons. The maximum Gasteiger partial charge on any atom is 0.348 e. The van der Waals surface area contributed by atoms with Gasteiger partial charge in [0.25, 0.3) is 5.91 Å². The topological polar surface area (TPSA) is 105 Å². The monoisotopic (exact) mass is 520 g/mol. The van der Waals surface area contributed by atoms with Gasteiger partial charge in [-0.2, -0.15) is 0 Å². The molecule has 2 heterocycles. The molecule has 37 heavy (non-hydrogen) atoms. The van der Waals surface area contributed by atoms with Gasteiger partial charge in [-0.15, -0.1) is 11.3 Å². The predicted octanol–water partition coefficient (Wildman–Crippen LogP) is 5.81. The van der Waals surface area contributed by atoms with E-state index in [1.165, 1.54) is 11.3 Å². The first kappa shape index (κ1) is 25.2. The number of benzene rings is 1. The maximum atomic E-state index is 13.7. The molecule has 0 spiro atoms. The van der Waals surface area contributed by atoms with Gasteiger partial charge in [-0.05, 0) is 74.6 Å². The number of aromatic carboxylic acids is 1. The maximum absolute atomic E-state index is 13.7. The molecule has 8 nitrogen and oxygen atoms in total. The van der Waals surface area contributed by atoms with Crippen LogP contribution in [0, 0.1) is 11.8 Å². The molecule has 2 saturated carbocycles. The Balaban J connectivity index is 1.40. The van der Waals surface area contributed by atoms with Crippen LogP contribution in [-0.4, -0.2) is 38.5 Å². The number of nitrogens with zero attached hydrogens (tertiary/aromatic N) is 3. The minimum absolute atomic E-state index is 0.0382. The van der Waals surface area contributed by atoms with Gasteiger partial charge < -0.3 is 19.9 Å². The highest BCUT2D eigenvalue weighted by atomic mass is 32.1. The summed E-state index contributed by atoms with van der Waals surface area (Å²) in [7, 11) is 1.80. The van der Waals surface area contributed by atoms with E-state index in [-0.39, 0.29) is 28.7 Å². The number of aryl methyl sites for hydroxylation is 1. The lowest BCUT2D eigenvalue weighted by atomic mass is 9.81. The van der Waals surface area contributed by atoms with Crippen molar-refractivity contribution < 1.29 is 19.5 Å². The average Bonchev–Trinajstić information content (AvgIpc) is 3.49. The molecule has 2 fully saturated rings. The molecule has 9 heteroatoms. The van der Waals surface area contributed by atoms with E-state index < -0.39 is 5.97 Å². The molecule has 2 aliphatic rings. The summed E-state index contributed by atoms with van der Waals surface area (Å²) in [6.07, 6.45) is 9.90. The largest absolute Gasteiger partial charge is 0.477 e. The number of anilines is 2. The highest BCUT2D eigenvalue weighted by Gasteiger charge is 2.38. The fraction of sp³-hybridized carbons (Fsp3) is 0.429. The van der Waals surface area contributed by atoms with Crippen molar-refractivity contribution in [2.24, 2.45) is 18.9 Å². The number of rotatable bonds is 7. The fourth-order valence-electron chi connectivity index (χ4n) is 5.14. The second-order valence-corrected chi connectivity index (χ2v) is 11.4. The van der Waals surface area contributed by atoms with Crippen LogP contribution < -0.4 is 10.2 Å². The second kappa shape index (κ2) is 10.5. The molecule has 0 radical (unpaired) electrons. The molecule has 2 aliphatic carbocycles. The number of hydrogen-bond acceptors (Lipinski definition) is 5. The van der Waals surface area contributed by atoms with E-state index in [9.17, 15) is 19.5 Å². The van der Waals surface area contributed by atoms with Crippen LogP contribution >= 0.6 is 11.3 Å². The van der Waals surface area contributed by atoms with Gasteiger partial charge in [0.05, 0.1) is 12.0 Å². The van der Waals surface area contributed by atoms with Crippen molar-refractivity contribution in [3.63, 3.8) is 0 Å². The van der Waals surface area contributed by atoms with Gasteiger partial charge in [0.2, 0.25) is 5.91 Å². The van der Waals surface area contributed by atoms with Crippen LogP contribution in [0.25, 0.3) is 10.4 Å². The average molecular weight is 521 g/mol. The third kappa shape index (κ3) is 5.32. The van der Waals surface area contributed by atoms with Gasteiger partial charge in [0, 0.05) is 35.8 Å². The lowest BCUT2D eigenvalue weighted by molar-refractivity contribution is -0.124. The summed E-state index contributed by atoms with van der Waals surface area (Å²) < 4.78 is 1.71. The Labute approximate surface area is 220 Å². The van der Waals surface area contributed by atoms with E-state index in [1.54, 1.807) is 36.3 Å². The molecule has 0 unspecified atom stereocenters. The lowest BCUT2D eigenvalue weighted by Gasteiger charge is -2.40. The number of carboxylic acids is 1. The molecule has 5 rings (SSSR count). The van der Waals surface area contributed by atoms with Gasteiger partial charge in [0.1, 0.15) is 10.6 Å². The standard InChI is InChI=1S/C28H32N4O4S/c1-17-6-8-19(9-7-17)27(34)32(21-4-3-5-21)23-14-24(37-25(23)28(35)36)18-10-12-20(13-11-18)30-26(33)22-15-31(2)16-29-22/h10-17,19,21H,3-9H2,1-2H3,(H,30,33)(H,35,36)/t17-,19-. The normalized spacial score (nSPS) is 19.7. The summed E-state index contributed by atoms with van der Waals surface area (Å²) in [4.78, 5) is 45.3. The first-order valence-electron chi connectivity index (χ1n) is 12.9. The van der Waals surface area contributed by atoms with Gasteiger partial charge >= 0.3 is 5.97 Å². The first-order valence-corrected chi connectivity index (χ1v) is 13.7. The fourth-order valence-corrected chi connectivity index (χ4v) is 6.14. The van der Waals surface area contributed by atoms with E-state index in [0.29, 0.717) is 23.0 Å². The van der Waals surface area contributed by atoms with Gasteiger partial charge in [0.15, 0.2) is 0 Å². The number of carboxylic acid groups (broad SMARTS) is 1. The summed E-state index contributed by atoms with van der Waals surface area (Å²) in [5.74, 6) is -0.633. The molecule has 0 bridgehead atoms. The smallest absolute Gasteiger partial charge is 0.348 e. The Hall–Kier alpha value is -3.46. The van der Waals surface area contributed by atoms with E-state index in [2.05, 4.69) is 17.2 Å². The Kier molecular flexibility index (Phi) is 7.15. The van der Waals surface area contributed by atoms with Crippen molar-refractivity contribution in [2.45, 2.75) is 57.9 Å². The minimum Gasteiger partial charge on any atom is -0.477 e. The van der Waals surface area contributed by atoms with Crippen LogP contribution in [0.2, 0.25) is 0 Å². The van der Waals surface area contributed by atoms with E-state index in [4.69, 9.17) is 0 Å². The zero-order valence-corrected chi connectivity index (χ0v) is 22.0. The zero-order valence-electron chi connectivity index (χ0n) is 21.1. The Morgan fingerprint density at radius 1 is 1.08 bits per heavy atom. The van der Waals surface area contributed by atoms with Crippen molar-refractivity contribution in [1.82, 2.24) is 9.55 Å². The van der Waals surface area contributed by atoms with Crippen molar-refractivity contribution in [2.75, 3.05) is 10.2 Å². The third-order valence-electron chi connectivity index (χ3n) is 7.57. The minimum atomic E-state index is -1.01. The molecule has 0 saturated heterocycles. The van der Waals surface area contributed by atoms with Crippen LogP contribution in [0.15, 0.2) is 42.9 Å². The predicted molar refractivity (Wildman–Crippen MR) is 144 cm³/mol. The molecular formula is C28H32N4O4S. The SMILES string of the molecule is Cn1cnc(C(=O)Nc2ccc(-c3cc(N(C(=O)[C@H]4CC[C@H](C)CC4)C4CCC4)c(C(=O)O)s3)cc2)c1. The molecule has 1 aromatic carbocycles. The number of hydrogen-bond donors (Lipinski definition) is 2. The number of amides is 2. The summed E-state index contributed by atoms with van der Waals surface area (Å²) >= 11 is 1.19. The van der Waals surface area contributed by atoms with E-state index in [0.717, 1.165) is 55.4 Å². The van der Waals surface area contributed by atoms with E-state index in [1.807, 2.05) is 23.1 Å². The zero-order chi connectivity index (χ0) is 26.1. The van der Waals surface area contributed by atoms with Crippen molar-refractivity contribution in [1.29, 1.82) is 0 Å². The first-order chi connectivity index (χ1) is 17.8. The van der Waals surface area contributed by atoms with Gasteiger partial charge in [-0.25, -0.2) is 9.78 Å². The molecule has 2 N–H and O–H groups in total. The summed E-state index contributed by atoms with van der Waals surface area (Å²) in [6.45, 7) is 2.23. The highest BCUT2D eigenvalue weighted by molar-refractivity contribution is 7.18. The number of aromatic nitrogens is 2. The number of carbonyl (C=O) groups is 3. The third-order valence-corrected chi connectivity index (χ3v) is 8.73. The summed E-state index contributed by atoms with van der Waals surface area (Å²) in [5, 5.41) is 12.9. The number of nitrogens with one attached hydrogen (secondary N) is 1. The van der Waals surface area contributed by atoms with Crippen LogP contribution in [0.1, 0.15) is 72.0 Å². The second-order valence-electron chi connectivity index (χ2n) is 10.3. The van der Waals surface area contributed by atoms with Crippen molar-refractivity contribution in [3.05, 3.63) is 53.4 Å². The highest BCUT2D eigenvalue weighted by Crippen LogP contribution is 2.42. The van der Waals surface area contributed by atoms with Gasteiger partial charge in [-0.1, -0.05) is 19.1 Å². The van der Waals surface area contributed by atoms with Gasteiger partial charge in [-0.3, -0.25) is 9.59 Å². The number of imidazole rings is 1. The Bertz CT molecular complexity index is 1300. The number of carbonyl (C=O) groups excluding carboxylic acids is 2. The molecular weight excluding hydrogens is 488 g/mol. The molecule has 2 amide bonds. The molecule has 0 atom stereocenters. The lowest BCUT2D eigenvalue weighted by Crippen LogP contribution is -2.48. The number of thiophene rings is 1. The molecule has 2 aromatic heterocycles. The van der Waals surface area contributed by atoms with Crippen LogP contribution in [0.5, 0.6) is 0 Å². The van der Waals surface area contributed by atoms with Crippen molar-refractivity contribution >= 4 is 40.5 Å². The van der Waals surface area contributed by atoms with Crippen LogP contribution in [-0.2, 0) is 11.8 Å². The molecule has 0 aliphatic heterocycles.